The molecular weight excluding hydrogens is 418 g/mol. The minimum atomic E-state index is -0.282. The maximum Gasteiger partial charge on any atom is 0.410 e. The lowest BCUT2D eigenvalue weighted by Crippen LogP contribution is -2.48. The molecule has 1 heterocycles. The minimum absolute atomic E-state index is 0.173. The van der Waals surface area contributed by atoms with Crippen molar-refractivity contribution in [3.8, 4) is 5.75 Å². The van der Waals surface area contributed by atoms with Gasteiger partial charge in [0.25, 0.3) is 5.91 Å². The summed E-state index contributed by atoms with van der Waals surface area (Å²) in [6.45, 7) is 2.92. The molecule has 7 nitrogen and oxygen atoms in total. The molecule has 170 valence electrons. The van der Waals surface area contributed by atoms with Gasteiger partial charge in [0.05, 0.1) is 7.11 Å². The lowest BCUT2D eigenvalue weighted by molar-refractivity contribution is 0.0941. The normalized spacial score (nSPS) is 13.4. The third-order valence-electron chi connectivity index (χ3n) is 5.59. The second-order valence-electron chi connectivity index (χ2n) is 7.74. The van der Waals surface area contributed by atoms with Crippen LogP contribution in [-0.2, 0) is 11.3 Å². The van der Waals surface area contributed by atoms with Crippen LogP contribution in [-0.4, -0.2) is 50.2 Å². The molecule has 0 unspecified atom stereocenters. The summed E-state index contributed by atoms with van der Waals surface area (Å²) in [6.07, 6.45) is -0.282. The monoisotopic (exact) mass is 445 g/mol. The maximum atomic E-state index is 12.4. The summed E-state index contributed by atoms with van der Waals surface area (Å²) in [5.41, 5.74) is 3.32. The van der Waals surface area contributed by atoms with Crippen LogP contribution in [0.25, 0.3) is 0 Å². The third-order valence-corrected chi connectivity index (χ3v) is 5.59. The highest BCUT2D eigenvalue weighted by Gasteiger charge is 2.22. The molecule has 0 radical (unpaired) electrons. The Bertz CT molecular complexity index is 1060. The van der Waals surface area contributed by atoms with Gasteiger partial charge in [0.1, 0.15) is 12.4 Å². The van der Waals surface area contributed by atoms with Gasteiger partial charge in [-0.15, -0.1) is 0 Å². The van der Waals surface area contributed by atoms with Gasteiger partial charge >= 0.3 is 6.09 Å². The van der Waals surface area contributed by atoms with Crippen molar-refractivity contribution < 1.29 is 19.1 Å². The number of piperazine rings is 1. The van der Waals surface area contributed by atoms with Gasteiger partial charge < -0.3 is 24.6 Å². The van der Waals surface area contributed by atoms with Crippen molar-refractivity contribution in [2.45, 2.75) is 6.61 Å². The van der Waals surface area contributed by atoms with Crippen LogP contribution in [0, 0.1) is 0 Å². The highest BCUT2D eigenvalue weighted by atomic mass is 16.6. The second kappa shape index (κ2) is 10.5. The quantitative estimate of drug-likeness (QED) is 0.609. The molecule has 0 saturated carbocycles. The average molecular weight is 446 g/mol. The molecule has 0 bridgehead atoms. The first kappa shape index (κ1) is 22.2. The van der Waals surface area contributed by atoms with Gasteiger partial charge in [-0.2, -0.15) is 0 Å². The van der Waals surface area contributed by atoms with Crippen molar-refractivity contribution in [2.75, 3.05) is 43.5 Å². The summed E-state index contributed by atoms with van der Waals surface area (Å²) in [6, 6.07) is 24.4. The molecule has 3 aromatic carbocycles. The molecule has 3 aromatic rings. The molecule has 1 saturated heterocycles. The van der Waals surface area contributed by atoms with Crippen LogP contribution < -0.4 is 15.0 Å². The Labute approximate surface area is 193 Å². The second-order valence-corrected chi connectivity index (χ2v) is 7.74. The van der Waals surface area contributed by atoms with E-state index >= 15 is 0 Å². The fourth-order valence-corrected chi connectivity index (χ4v) is 3.66. The van der Waals surface area contributed by atoms with E-state index in [4.69, 9.17) is 9.47 Å². The molecular formula is C26H27N3O4. The van der Waals surface area contributed by atoms with E-state index in [-0.39, 0.29) is 18.6 Å². The molecule has 1 fully saturated rings. The van der Waals surface area contributed by atoms with Gasteiger partial charge in [-0.25, -0.2) is 4.79 Å². The number of hydrogen-bond donors (Lipinski definition) is 1. The van der Waals surface area contributed by atoms with E-state index in [1.165, 1.54) is 0 Å². The Morgan fingerprint density at radius 3 is 2.15 bits per heavy atom. The Morgan fingerprint density at radius 2 is 1.52 bits per heavy atom. The SMILES string of the molecule is COc1ccc(C(=O)Nc2ccc(N3CCN(C(=O)OCc4ccccc4)CC3)cc2)cc1. The first-order chi connectivity index (χ1) is 16.1. The van der Waals surface area contributed by atoms with Gasteiger partial charge in [0.2, 0.25) is 0 Å². The van der Waals surface area contributed by atoms with Crippen molar-refractivity contribution in [3.05, 3.63) is 90.0 Å². The van der Waals surface area contributed by atoms with Gasteiger partial charge in [-0.1, -0.05) is 30.3 Å². The van der Waals surface area contributed by atoms with E-state index in [2.05, 4.69) is 10.2 Å². The van der Waals surface area contributed by atoms with E-state index in [1.54, 1.807) is 36.3 Å². The average Bonchev–Trinajstić information content (AvgIpc) is 2.88. The summed E-state index contributed by atoms with van der Waals surface area (Å²) in [4.78, 5) is 28.7. The molecule has 33 heavy (non-hydrogen) atoms. The molecule has 1 aliphatic heterocycles. The third kappa shape index (κ3) is 5.83. The zero-order valence-corrected chi connectivity index (χ0v) is 18.6. The lowest BCUT2D eigenvalue weighted by atomic mass is 10.2. The van der Waals surface area contributed by atoms with Gasteiger partial charge in [0, 0.05) is 43.1 Å². The van der Waals surface area contributed by atoms with Crippen LogP contribution in [0.5, 0.6) is 5.75 Å². The van der Waals surface area contributed by atoms with Crippen molar-refractivity contribution in [1.82, 2.24) is 4.90 Å². The standard InChI is InChI=1S/C26H27N3O4/c1-32-24-13-7-21(8-14-24)25(30)27-22-9-11-23(12-10-22)28-15-17-29(18-16-28)26(31)33-19-20-5-3-2-4-6-20/h2-14H,15-19H2,1H3,(H,27,30). The first-order valence-electron chi connectivity index (χ1n) is 10.9. The van der Waals surface area contributed by atoms with E-state index in [0.717, 1.165) is 30.0 Å². The molecule has 1 N–H and O–H groups in total. The number of amides is 2. The molecule has 0 spiro atoms. The van der Waals surface area contributed by atoms with Crippen molar-refractivity contribution >= 4 is 23.4 Å². The Balaban J connectivity index is 1.25. The van der Waals surface area contributed by atoms with Crippen LogP contribution in [0.1, 0.15) is 15.9 Å². The van der Waals surface area contributed by atoms with Crippen LogP contribution in [0.4, 0.5) is 16.2 Å². The van der Waals surface area contributed by atoms with Crippen LogP contribution in [0.3, 0.4) is 0 Å². The van der Waals surface area contributed by atoms with Gasteiger partial charge in [-0.05, 0) is 54.1 Å². The van der Waals surface area contributed by atoms with Crippen LogP contribution in [0.2, 0.25) is 0 Å². The van der Waals surface area contributed by atoms with Crippen molar-refractivity contribution in [2.24, 2.45) is 0 Å². The molecule has 4 rings (SSSR count). The number of anilines is 2. The Hall–Kier alpha value is -4.00. The summed E-state index contributed by atoms with van der Waals surface area (Å²) >= 11 is 0. The zero-order chi connectivity index (χ0) is 23.0. The highest BCUT2D eigenvalue weighted by molar-refractivity contribution is 6.04. The van der Waals surface area contributed by atoms with Crippen LogP contribution >= 0.6 is 0 Å². The highest BCUT2D eigenvalue weighted by Crippen LogP contribution is 2.21. The predicted molar refractivity (Wildman–Crippen MR) is 128 cm³/mol. The maximum absolute atomic E-state index is 12.4. The topological polar surface area (TPSA) is 71.1 Å². The number of carbonyl (C=O) groups excluding carboxylic acids is 2. The van der Waals surface area contributed by atoms with Gasteiger partial charge in [0.15, 0.2) is 0 Å². The molecule has 7 heteroatoms. The zero-order valence-electron chi connectivity index (χ0n) is 18.6. The number of ether oxygens (including phenoxy) is 2. The first-order valence-corrected chi connectivity index (χ1v) is 10.9. The molecule has 0 aliphatic carbocycles. The van der Waals surface area contributed by atoms with E-state index < -0.39 is 0 Å². The minimum Gasteiger partial charge on any atom is -0.497 e. The fourth-order valence-electron chi connectivity index (χ4n) is 3.66. The number of benzene rings is 3. The van der Waals surface area contributed by atoms with Crippen molar-refractivity contribution in [1.29, 1.82) is 0 Å². The molecule has 2 amide bonds. The predicted octanol–water partition coefficient (Wildman–Crippen LogP) is 4.41. The molecule has 0 atom stereocenters. The number of hydrogen-bond acceptors (Lipinski definition) is 5. The van der Waals surface area contributed by atoms with E-state index in [0.29, 0.717) is 24.4 Å². The van der Waals surface area contributed by atoms with E-state index in [1.807, 2.05) is 54.6 Å². The number of nitrogens with one attached hydrogen (secondary N) is 1. The Morgan fingerprint density at radius 1 is 0.848 bits per heavy atom. The summed E-state index contributed by atoms with van der Waals surface area (Å²) in [5, 5.41) is 2.91. The molecule has 0 aromatic heterocycles. The number of nitrogens with zero attached hydrogens (tertiary/aromatic N) is 2. The van der Waals surface area contributed by atoms with Crippen LogP contribution in [0.15, 0.2) is 78.9 Å². The summed E-state index contributed by atoms with van der Waals surface area (Å²) in [5.74, 6) is 0.536. The number of rotatable bonds is 6. The fraction of sp³-hybridized carbons (Fsp3) is 0.231. The van der Waals surface area contributed by atoms with Crippen molar-refractivity contribution in [3.63, 3.8) is 0 Å². The Kier molecular flexibility index (Phi) is 7.09. The summed E-state index contributed by atoms with van der Waals surface area (Å²) in [7, 11) is 1.59. The van der Waals surface area contributed by atoms with Gasteiger partial charge in [-0.3, -0.25) is 4.79 Å². The smallest absolute Gasteiger partial charge is 0.410 e. The summed E-state index contributed by atoms with van der Waals surface area (Å²) < 4.78 is 10.6. The molecule has 1 aliphatic rings. The largest absolute Gasteiger partial charge is 0.497 e. The number of methoxy groups -OCH3 is 1. The number of carbonyl (C=O) groups is 2. The van der Waals surface area contributed by atoms with E-state index in [9.17, 15) is 9.59 Å². The lowest BCUT2D eigenvalue weighted by Gasteiger charge is -2.35.